The molecule has 1 fully saturated rings. The Hall–Kier alpha value is -1.06. The average Bonchev–Trinajstić information content (AvgIpc) is 2.48. The van der Waals surface area contributed by atoms with E-state index in [4.69, 9.17) is 0 Å². The number of para-hydroxylation sites is 1. The Labute approximate surface area is 94.9 Å². The minimum absolute atomic E-state index is 0. The summed E-state index contributed by atoms with van der Waals surface area (Å²) in [6, 6.07) is 7.13. The lowest BCUT2D eigenvalue weighted by Gasteiger charge is -2.24. The molecule has 1 atom stereocenters. The monoisotopic (exact) mass is 227 g/mol. The third-order valence-electron chi connectivity index (χ3n) is 2.72. The topological polar surface area (TPSA) is 49.3 Å². The Morgan fingerprint density at radius 3 is 2.60 bits per heavy atom. The SMILES string of the molecule is CC1(c2ccccc2O)CC(=O)CN1.Cl. The molecule has 2 rings (SSSR count). The van der Waals surface area contributed by atoms with Gasteiger partial charge in [-0.3, -0.25) is 4.79 Å². The normalized spacial score (nSPS) is 25.0. The standard InChI is InChI=1S/C11H13NO2.ClH/c1-11(6-8(13)7-12-11)9-4-2-3-5-10(9)14;/h2-5,12,14H,6-7H2,1H3;1H. The summed E-state index contributed by atoms with van der Waals surface area (Å²) in [7, 11) is 0. The van der Waals surface area contributed by atoms with Gasteiger partial charge in [0, 0.05) is 12.0 Å². The summed E-state index contributed by atoms with van der Waals surface area (Å²) in [5.41, 5.74) is 0.397. The van der Waals surface area contributed by atoms with E-state index in [0.29, 0.717) is 13.0 Å². The number of nitrogens with one attached hydrogen (secondary N) is 1. The highest BCUT2D eigenvalue weighted by Crippen LogP contribution is 2.34. The van der Waals surface area contributed by atoms with Gasteiger partial charge in [0.25, 0.3) is 0 Å². The first-order valence-corrected chi connectivity index (χ1v) is 4.67. The maximum absolute atomic E-state index is 11.2. The molecule has 1 saturated heterocycles. The van der Waals surface area contributed by atoms with Crippen LogP contribution in [-0.2, 0) is 10.3 Å². The minimum atomic E-state index is -0.400. The van der Waals surface area contributed by atoms with Gasteiger partial charge in [0.1, 0.15) is 11.5 Å². The zero-order chi connectivity index (χ0) is 10.2. The van der Waals surface area contributed by atoms with Gasteiger partial charge in [0.15, 0.2) is 0 Å². The molecule has 1 aromatic carbocycles. The van der Waals surface area contributed by atoms with Gasteiger partial charge in [0.2, 0.25) is 0 Å². The van der Waals surface area contributed by atoms with Crippen molar-refractivity contribution in [2.45, 2.75) is 18.9 Å². The number of hydrogen-bond donors (Lipinski definition) is 2. The van der Waals surface area contributed by atoms with E-state index in [2.05, 4.69) is 5.32 Å². The fraction of sp³-hybridized carbons (Fsp3) is 0.364. The van der Waals surface area contributed by atoms with Gasteiger partial charge in [-0.2, -0.15) is 0 Å². The van der Waals surface area contributed by atoms with Gasteiger partial charge in [-0.05, 0) is 13.0 Å². The van der Waals surface area contributed by atoms with Crippen LogP contribution in [0.4, 0.5) is 0 Å². The third-order valence-corrected chi connectivity index (χ3v) is 2.72. The van der Waals surface area contributed by atoms with Crippen molar-refractivity contribution in [3.8, 4) is 5.75 Å². The summed E-state index contributed by atoms with van der Waals surface area (Å²) in [5.74, 6) is 0.438. The van der Waals surface area contributed by atoms with E-state index in [0.717, 1.165) is 5.56 Å². The van der Waals surface area contributed by atoms with Crippen LogP contribution in [0.25, 0.3) is 0 Å². The number of rotatable bonds is 1. The van der Waals surface area contributed by atoms with E-state index in [1.54, 1.807) is 12.1 Å². The lowest BCUT2D eigenvalue weighted by Crippen LogP contribution is -2.33. The maximum Gasteiger partial charge on any atom is 0.148 e. The largest absolute Gasteiger partial charge is 0.508 e. The fourth-order valence-corrected chi connectivity index (χ4v) is 1.94. The Morgan fingerprint density at radius 2 is 2.07 bits per heavy atom. The number of phenolic OH excluding ortho intramolecular Hbond substituents is 1. The van der Waals surface area contributed by atoms with Crippen LogP contribution in [0.2, 0.25) is 0 Å². The number of carbonyl (C=O) groups is 1. The summed E-state index contributed by atoms with van der Waals surface area (Å²) >= 11 is 0. The second-order valence-corrected chi connectivity index (χ2v) is 3.92. The Bertz CT molecular complexity index is 381. The summed E-state index contributed by atoms with van der Waals surface area (Å²) in [4.78, 5) is 11.2. The quantitative estimate of drug-likeness (QED) is 0.766. The number of halogens is 1. The van der Waals surface area contributed by atoms with Crippen molar-refractivity contribution in [3.63, 3.8) is 0 Å². The molecular formula is C11H14ClNO2. The Balaban J connectivity index is 0.00000112. The zero-order valence-electron chi connectivity index (χ0n) is 8.49. The first-order chi connectivity index (χ1) is 6.62. The molecule has 0 saturated carbocycles. The first kappa shape index (κ1) is 12.0. The summed E-state index contributed by atoms with van der Waals surface area (Å²) in [5, 5.41) is 12.8. The van der Waals surface area contributed by atoms with Crippen molar-refractivity contribution in [2.24, 2.45) is 0 Å². The highest BCUT2D eigenvalue weighted by atomic mass is 35.5. The van der Waals surface area contributed by atoms with Crippen LogP contribution >= 0.6 is 12.4 Å². The number of hydrogen-bond acceptors (Lipinski definition) is 3. The predicted octanol–water partition coefficient (Wildman–Crippen LogP) is 1.59. The molecule has 0 spiro atoms. The number of aromatic hydroxyl groups is 1. The zero-order valence-corrected chi connectivity index (χ0v) is 9.30. The van der Waals surface area contributed by atoms with Crippen LogP contribution in [0.1, 0.15) is 18.9 Å². The number of Topliss-reactive ketones (excluding diaryl/α,β-unsaturated/α-hetero) is 1. The summed E-state index contributed by atoms with van der Waals surface area (Å²) < 4.78 is 0. The maximum atomic E-state index is 11.2. The highest BCUT2D eigenvalue weighted by Gasteiger charge is 2.36. The molecule has 1 aliphatic rings. The van der Waals surface area contributed by atoms with Gasteiger partial charge in [-0.1, -0.05) is 18.2 Å². The lowest BCUT2D eigenvalue weighted by molar-refractivity contribution is -0.116. The second-order valence-electron chi connectivity index (χ2n) is 3.92. The molecule has 1 heterocycles. The number of phenols is 1. The Morgan fingerprint density at radius 1 is 1.40 bits per heavy atom. The van der Waals surface area contributed by atoms with Crippen LogP contribution in [0.5, 0.6) is 5.75 Å². The van der Waals surface area contributed by atoms with E-state index < -0.39 is 5.54 Å². The minimum Gasteiger partial charge on any atom is -0.508 e. The third kappa shape index (κ3) is 2.13. The van der Waals surface area contributed by atoms with Crippen molar-refractivity contribution in [2.75, 3.05) is 6.54 Å². The van der Waals surface area contributed by atoms with Crippen molar-refractivity contribution < 1.29 is 9.90 Å². The Kier molecular flexibility index (Phi) is 3.37. The smallest absolute Gasteiger partial charge is 0.148 e. The van der Waals surface area contributed by atoms with Crippen molar-refractivity contribution in [1.82, 2.24) is 5.32 Å². The molecule has 82 valence electrons. The van der Waals surface area contributed by atoms with Crippen molar-refractivity contribution >= 4 is 18.2 Å². The average molecular weight is 228 g/mol. The fourth-order valence-electron chi connectivity index (χ4n) is 1.94. The second kappa shape index (κ2) is 4.21. The summed E-state index contributed by atoms with van der Waals surface area (Å²) in [6.07, 6.45) is 0.449. The molecular weight excluding hydrogens is 214 g/mol. The molecule has 1 aromatic rings. The van der Waals surface area contributed by atoms with Crippen molar-refractivity contribution in [1.29, 1.82) is 0 Å². The predicted molar refractivity (Wildman–Crippen MR) is 60.3 cm³/mol. The van der Waals surface area contributed by atoms with Gasteiger partial charge in [-0.15, -0.1) is 12.4 Å². The molecule has 4 heteroatoms. The number of benzene rings is 1. The van der Waals surface area contributed by atoms with Crippen LogP contribution in [0.3, 0.4) is 0 Å². The number of ketones is 1. The van der Waals surface area contributed by atoms with Gasteiger partial charge in [0.05, 0.1) is 12.1 Å². The molecule has 1 aliphatic heterocycles. The molecule has 2 N–H and O–H groups in total. The van der Waals surface area contributed by atoms with E-state index in [-0.39, 0.29) is 23.9 Å². The summed E-state index contributed by atoms with van der Waals surface area (Å²) in [6.45, 7) is 2.33. The number of carbonyl (C=O) groups excluding carboxylic acids is 1. The molecule has 0 amide bonds. The molecule has 0 radical (unpaired) electrons. The van der Waals surface area contributed by atoms with E-state index >= 15 is 0 Å². The molecule has 0 aliphatic carbocycles. The molecule has 0 bridgehead atoms. The van der Waals surface area contributed by atoms with Crippen LogP contribution < -0.4 is 5.32 Å². The molecule has 3 nitrogen and oxygen atoms in total. The van der Waals surface area contributed by atoms with Crippen LogP contribution in [0, 0.1) is 0 Å². The lowest BCUT2D eigenvalue weighted by atomic mass is 9.89. The molecule has 0 aromatic heterocycles. The molecule has 15 heavy (non-hydrogen) atoms. The van der Waals surface area contributed by atoms with Gasteiger partial charge < -0.3 is 10.4 Å². The van der Waals surface area contributed by atoms with E-state index in [9.17, 15) is 9.90 Å². The van der Waals surface area contributed by atoms with Crippen LogP contribution in [0.15, 0.2) is 24.3 Å². The molecule has 1 unspecified atom stereocenters. The van der Waals surface area contributed by atoms with Crippen LogP contribution in [-0.4, -0.2) is 17.4 Å². The van der Waals surface area contributed by atoms with E-state index in [1.807, 2.05) is 19.1 Å². The highest BCUT2D eigenvalue weighted by molar-refractivity contribution is 5.85. The van der Waals surface area contributed by atoms with Gasteiger partial charge in [-0.25, -0.2) is 0 Å². The van der Waals surface area contributed by atoms with Gasteiger partial charge >= 0.3 is 0 Å². The van der Waals surface area contributed by atoms with Crippen molar-refractivity contribution in [3.05, 3.63) is 29.8 Å². The first-order valence-electron chi connectivity index (χ1n) is 4.67. The van der Waals surface area contributed by atoms with E-state index in [1.165, 1.54) is 0 Å².